The van der Waals surface area contributed by atoms with Crippen LogP contribution in [0, 0.1) is 0 Å². The molecular weight excluding hydrogens is 392 g/mol. The monoisotopic (exact) mass is 420 g/mol. The first-order chi connectivity index (χ1) is 13.3. The third-order valence-electron chi connectivity index (χ3n) is 3.86. The molecule has 0 radical (unpaired) electrons. The molecule has 0 aromatic rings. The summed E-state index contributed by atoms with van der Waals surface area (Å²) in [6.07, 6.45) is -3.45. The maximum absolute atomic E-state index is 12.4. The molecule has 0 aliphatic rings. The van der Waals surface area contributed by atoms with Gasteiger partial charge in [0, 0.05) is 6.42 Å². The second-order valence-corrected chi connectivity index (χ2v) is 6.56. The van der Waals surface area contributed by atoms with Gasteiger partial charge in [0.1, 0.15) is 18.1 Å². The molecule has 9 N–H and O–H groups in total. The van der Waals surface area contributed by atoms with Gasteiger partial charge in [-0.2, -0.15) is 0 Å². The zero-order valence-electron chi connectivity index (χ0n) is 16.3. The summed E-state index contributed by atoms with van der Waals surface area (Å²) in [4.78, 5) is 58.0. The van der Waals surface area contributed by atoms with Crippen LogP contribution in [0.2, 0.25) is 0 Å². The van der Waals surface area contributed by atoms with Crippen LogP contribution in [0.15, 0.2) is 0 Å². The van der Waals surface area contributed by atoms with Crippen molar-refractivity contribution >= 4 is 29.7 Å². The molecule has 6 unspecified atom stereocenters. The number of carbonyl (C=O) groups excluding carboxylic acids is 3. The normalized spacial score (nSPS) is 17.0. The van der Waals surface area contributed by atoms with Gasteiger partial charge in [0.25, 0.3) is 0 Å². The van der Waals surface area contributed by atoms with Gasteiger partial charge in [-0.15, -0.1) is 0 Å². The Bertz CT molecular complexity index is 624. The van der Waals surface area contributed by atoms with Crippen LogP contribution in [-0.4, -0.2) is 86.5 Å². The SMILES string of the molecule is CC(NC(=O)C(NC(=O)C(NC(=O)C(N)CCC(=O)O)C(C)O)C(C)O)C(=O)O. The maximum Gasteiger partial charge on any atom is 0.325 e. The standard InChI is InChI=1S/C16H28N4O9/c1-6(16(28)29)18-14(26)11(7(2)21)20-15(27)12(8(3)22)19-13(25)9(17)4-5-10(23)24/h6-9,11-12,21-22H,4-5,17H2,1-3H3,(H,18,26)(H,19,25)(H,20,27)(H,23,24)(H,28,29). The van der Waals surface area contributed by atoms with Crippen molar-refractivity contribution in [3.05, 3.63) is 0 Å². The molecule has 0 spiro atoms. The number of aliphatic hydroxyl groups excluding tert-OH is 2. The van der Waals surface area contributed by atoms with Gasteiger partial charge in [0.15, 0.2) is 0 Å². The van der Waals surface area contributed by atoms with Gasteiger partial charge in [-0.05, 0) is 27.2 Å². The second-order valence-electron chi connectivity index (χ2n) is 6.56. The van der Waals surface area contributed by atoms with Crippen molar-refractivity contribution in [3.63, 3.8) is 0 Å². The average Bonchev–Trinajstić information content (AvgIpc) is 2.60. The van der Waals surface area contributed by atoms with Crippen molar-refractivity contribution in [3.8, 4) is 0 Å². The van der Waals surface area contributed by atoms with E-state index in [1.54, 1.807) is 0 Å². The number of amides is 3. The van der Waals surface area contributed by atoms with Gasteiger partial charge in [0.05, 0.1) is 18.2 Å². The largest absolute Gasteiger partial charge is 0.481 e. The number of carbonyl (C=O) groups is 5. The summed E-state index contributed by atoms with van der Waals surface area (Å²) in [5.74, 6) is -5.43. The minimum atomic E-state index is -1.57. The summed E-state index contributed by atoms with van der Waals surface area (Å²) >= 11 is 0. The molecule has 0 rings (SSSR count). The van der Waals surface area contributed by atoms with Gasteiger partial charge in [-0.25, -0.2) is 0 Å². The Hall–Kier alpha value is -2.77. The summed E-state index contributed by atoms with van der Waals surface area (Å²) in [7, 11) is 0. The Morgan fingerprint density at radius 1 is 0.793 bits per heavy atom. The van der Waals surface area contributed by atoms with Crippen LogP contribution < -0.4 is 21.7 Å². The van der Waals surface area contributed by atoms with Crippen LogP contribution in [-0.2, 0) is 24.0 Å². The van der Waals surface area contributed by atoms with Crippen molar-refractivity contribution in [2.24, 2.45) is 5.73 Å². The number of rotatable bonds is 12. The number of aliphatic hydroxyl groups is 2. The fraction of sp³-hybridized carbons (Fsp3) is 0.688. The number of carboxylic acids is 2. The third-order valence-corrected chi connectivity index (χ3v) is 3.86. The van der Waals surface area contributed by atoms with E-state index < -0.39 is 66.0 Å². The molecular formula is C16H28N4O9. The zero-order valence-corrected chi connectivity index (χ0v) is 16.3. The van der Waals surface area contributed by atoms with E-state index in [2.05, 4.69) is 16.0 Å². The number of nitrogens with one attached hydrogen (secondary N) is 3. The molecule has 3 amide bonds. The van der Waals surface area contributed by atoms with E-state index in [0.29, 0.717) is 0 Å². The fourth-order valence-corrected chi connectivity index (χ4v) is 2.09. The van der Waals surface area contributed by atoms with E-state index in [1.807, 2.05) is 0 Å². The Labute approximate surface area is 166 Å². The van der Waals surface area contributed by atoms with Crippen molar-refractivity contribution in [1.82, 2.24) is 16.0 Å². The highest BCUT2D eigenvalue weighted by molar-refractivity contribution is 5.94. The molecule has 0 saturated heterocycles. The van der Waals surface area contributed by atoms with E-state index in [4.69, 9.17) is 15.9 Å². The number of hydrogen-bond donors (Lipinski definition) is 8. The molecule has 0 saturated carbocycles. The van der Waals surface area contributed by atoms with Gasteiger partial charge >= 0.3 is 11.9 Å². The summed E-state index contributed by atoms with van der Waals surface area (Å²) in [5, 5.41) is 43.3. The van der Waals surface area contributed by atoms with E-state index in [9.17, 15) is 34.2 Å². The van der Waals surface area contributed by atoms with Crippen LogP contribution in [0.5, 0.6) is 0 Å². The molecule has 13 nitrogen and oxygen atoms in total. The molecule has 0 aromatic carbocycles. The Morgan fingerprint density at radius 2 is 1.21 bits per heavy atom. The summed E-state index contributed by atoms with van der Waals surface area (Å²) < 4.78 is 0. The average molecular weight is 420 g/mol. The lowest BCUT2D eigenvalue weighted by Crippen LogP contribution is -2.61. The lowest BCUT2D eigenvalue weighted by Gasteiger charge is -2.27. The number of carboxylic acid groups (broad SMARTS) is 2. The molecule has 6 atom stereocenters. The van der Waals surface area contributed by atoms with E-state index in [0.717, 1.165) is 0 Å². The summed E-state index contributed by atoms with van der Waals surface area (Å²) in [6.45, 7) is 3.53. The predicted molar refractivity (Wildman–Crippen MR) is 97.3 cm³/mol. The molecule has 0 fully saturated rings. The van der Waals surface area contributed by atoms with Crippen molar-refractivity contribution < 1.29 is 44.4 Å². The number of aliphatic carboxylic acids is 2. The zero-order chi connectivity index (χ0) is 22.9. The van der Waals surface area contributed by atoms with Crippen molar-refractivity contribution in [1.29, 1.82) is 0 Å². The number of hydrogen-bond acceptors (Lipinski definition) is 8. The Kier molecular flexibility index (Phi) is 10.8. The molecule has 0 aliphatic carbocycles. The lowest BCUT2D eigenvalue weighted by molar-refractivity contribution is -0.142. The highest BCUT2D eigenvalue weighted by atomic mass is 16.4. The molecule has 13 heteroatoms. The highest BCUT2D eigenvalue weighted by Gasteiger charge is 2.33. The molecule has 0 bridgehead atoms. The fourth-order valence-electron chi connectivity index (χ4n) is 2.09. The van der Waals surface area contributed by atoms with E-state index in [-0.39, 0.29) is 12.8 Å². The minimum absolute atomic E-state index is 0.207. The first-order valence-electron chi connectivity index (χ1n) is 8.75. The van der Waals surface area contributed by atoms with Gasteiger partial charge in [-0.1, -0.05) is 0 Å². The molecule has 0 heterocycles. The Balaban J connectivity index is 5.16. The van der Waals surface area contributed by atoms with Gasteiger partial charge in [-0.3, -0.25) is 24.0 Å². The van der Waals surface area contributed by atoms with Crippen LogP contribution >= 0.6 is 0 Å². The third kappa shape index (κ3) is 9.32. The summed E-state index contributed by atoms with van der Waals surface area (Å²) in [6, 6.07) is -5.68. The number of nitrogens with two attached hydrogens (primary N) is 1. The van der Waals surface area contributed by atoms with Crippen LogP contribution in [0.1, 0.15) is 33.6 Å². The van der Waals surface area contributed by atoms with Crippen molar-refractivity contribution in [2.75, 3.05) is 0 Å². The first kappa shape index (κ1) is 26.2. The predicted octanol–water partition coefficient (Wildman–Crippen LogP) is -3.50. The first-order valence-corrected chi connectivity index (χ1v) is 8.75. The molecule has 0 aromatic heterocycles. The smallest absolute Gasteiger partial charge is 0.325 e. The van der Waals surface area contributed by atoms with Crippen LogP contribution in [0.25, 0.3) is 0 Å². The molecule has 0 aliphatic heterocycles. The van der Waals surface area contributed by atoms with E-state index >= 15 is 0 Å². The maximum atomic E-state index is 12.4. The quantitative estimate of drug-likeness (QED) is 0.155. The molecule has 29 heavy (non-hydrogen) atoms. The van der Waals surface area contributed by atoms with E-state index in [1.165, 1.54) is 20.8 Å². The lowest BCUT2D eigenvalue weighted by atomic mass is 10.1. The van der Waals surface area contributed by atoms with Crippen LogP contribution in [0.3, 0.4) is 0 Å². The molecule has 166 valence electrons. The van der Waals surface area contributed by atoms with Gasteiger partial charge in [0.2, 0.25) is 17.7 Å². The second kappa shape index (κ2) is 11.9. The minimum Gasteiger partial charge on any atom is -0.481 e. The summed E-state index contributed by atoms with van der Waals surface area (Å²) in [5.41, 5.74) is 5.55. The van der Waals surface area contributed by atoms with Crippen LogP contribution in [0.4, 0.5) is 0 Å². The highest BCUT2D eigenvalue weighted by Crippen LogP contribution is 2.02. The Morgan fingerprint density at radius 3 is 1.59 bits per heavy atom. The van der Waals surface area contributed by atoms with Crippen molar-refractivity contribution in [2.45, 2.75) is 70.0 Å². The topological polar surface area (TPSA) is 228 Å². The van der Waals surface area contributed by atoms with Gasteiger partial charge < -0.3 is 42.1 Å².